The van der Waals surface area contributed by atoms with Crippen LogP contribution in [0.4, 0.5) is 0 Å². The first-order chi connectivity index (χ1) is 12.6. The topological polar surface area (TPSA) is 51.5 Å². The van der Waals surface area contributed by atoms with Crippen LogP contribution in [0.2, 0.25) is 0 Å². The molecule has 26 heavy (non-hydrogen) atoms. The largest absolute Gasteiger partial charge is 0.338 e. The van der Waals surface area contributed by atoms with Crippen LogP contribution in [-0.2, 0) is 0 Å². The molecule has 0 amide bonds. The van der Waals surface area contributed by atoms with Gasteiger partial charge in [-0.25, -0.2) is 4.98 Å². The maximum Gasteiger partial charge on any atom is 0.266 e. The Morgan fingerprint density at radius 1 is 1.12 bits per heavy atom. The fraction of sp³-hybridized carbons (Fsp3) is 0.364. The van der Waals surface area contributed by atoms with Gasteiger partial charge in [-0.3, -0.25) is 9.36 Å². The third kappa shape index (κ3) is 3.86. The van der Waals surface area contributed by atoms with E-state index in [1.54, 1.807) is 4.57 Å². The van der Waals surface area contributed by atoms with Crippen molar-refractivity contribution in [1.82, 2.24) is 9.55 Å². The van der Waals surface area contributed by atoms with Gasteiger partial charge in [-0.15, -0.1) is 0 Å². The molecular weight excluding hydrogens is 322 g/mol. The average Bonchev–Trinajstić information content (AvgIpc) is 2.65. The van der Waals surface area contributed by atoms with Crippen LogP contribution in [0.1, 0.15) is 50.5 Å². The van der Waals surface area contributed by atoms with Crippen molar-refractivity contribution < 1.29 is 5.32 Å². The van der Waals surface area contributed by atoms with Crippen molar-refractivity contribution in [3.05, 3.63) is 70.3 Å². The maximum atomic E-state index is 13.3. The van der Waals surface area contributed by atoms with Gasteiger partial charge in [0.15, 0.2) is 5.82 Å². The highest BCUT2D eigenvalue weighted by Gasteiger charge is 2.19. The Morgan fingerprint density at radius 3 is 2.69 bits per heavy atom. The normalized spacial score (nSPS) is 12.4. The van der Waals surface area contributed by atoms with E-state index in [9.17, 15) is 4.79 Å². The number of benzene rings is 2. The summed E-state index contributed by atoms with van der Waals surface area (Å²) >= 11 is 0. The van der Waals surface area contributed by atoms with Crippen LogP contribution < -0.4 is 10.9 Å². The molecule has 0 spiro atoms. The van der Waals surface area contributed by atoms with Gasteiger partial charge < -0.3 is 5.32 Å². The van der Waals surface area contributed by atoms with Crippen LogP contribution >= 0.6 is 0 Å². The zero-order chi connectivity index (χ0) is 18.5. The van der Waals surface area contributed by atoms with E-state index in [4.69, 9.17) is 4.98 Å². The molecular formula is C22H28N3O+. The molecule has 4 nitrogen and oxygen atoms in total. The second kappa shape index (κ2) is 8.28. The molecule has 0 saturated carbocycles. The number of rotatable bonds is 7. The van der Waals surface area contributed by atoms with Gasteiger partial charge in [0.1, 0.15) is 6.04 Å². The van der Waals surface area contributed by atoms with Gasteiger partial charge in [-0.1, -0.05) is 37.6 Å². The molecule has 0 aliphatic carbocycles. The summed E-state index contributed by atoms with van der Waals surface area (Å²) in [6.45, 7) is 7.44. The Balaban J connectivity index is 2.10. The van der Waals surface area contributed by atoms with Gasteiger partial charge in [-0.05, 0) is 56.5 Å². The van der Waals surface area contributed by atoms with Crippen molar-refractivity contribution in [2.75, 3.05) is 6.54 Å². The summed E-state index contributed by atoms with van der Waals surface area (Å²) in [5.74, 6) is 0.816. The summed E-state index contributed by atoms with van der Waals surface area (Å²) in [7, 11) is 0. The molecule has 0 saturated heterocycles. The van der Waals surface area contributed by atoms with Crippen molar-refractivity contribution in [2.24, 2.45) is 0 Å². The van der Waals surface area contributed by atoms with E-state index < -0.39 is 0 Å². The average molecular weight is 350 g/mol. The van der Waals surface area contributed by atoms with Crippen molar-refractivity contribution in [2.45, 2.75) is 46.1 Å². The summed E-state index contributed by atoms with van der Waals surface area (Å²) in [5, 5.41) is 2.95. The van der Waals surface area contributed by atoms with Crippen molar-refractivity contribution in [3.8, 4) is 5.69 Å². The van der Waals surface area contributed by atoms with Crippen LogP contribution in [0, 0.1) is 6.92 Å². The molecule has 1 aromatic heterocycles. The molecule has 0 radical (unpaired) electrons. The number of aromatic nitrogens is 2. The van der Waals surface area contributed by atoms with E-state index in [-0.39, 0.29) is 11.6 Å². The summed E-state index contributed by atoms with van der Waals surface area (Å²) in [5.41, 5.74) is 2.79. The third-order valence-electron chi connectivity index (χ3n) is 4.80. The van der Waals surface area contributed by atoms with Crippen LogP contribution in [0.15, 0.2) is 53.3 Å². The van der Waals surface area contributed by atoms with Crippen molar-refractivity contribution in [3.63, 3.8) is 0 Å². The highest BCUT2D eigenvalue weighted by molar-refractivity contribution is 5.77. The lowest BCUT2D eigenvalue weighted by Crippen LogP contribution is -2.85. The third-order valence-corrected chi connectivity index (χ3v) is 4.80. The highest BCUT2D eigenvalue weighted by Crippen LogP contribution is 2.17. The Labute approximate surface area is 154 Å². The van der Waals surface area contributed by atoms with Gasteiger partial charge in [0.2, 0.25) is 0 Å². The Hall–Kier alpha value is -2.46. The molecule has 1 atom stereocenters. The summed E-state index contributed by atoms with van der Waals surface area (Å²) in [6.07, 6.45) is 3.63. The second-order valence-corrected chi connectivity index (χ2v) is 6.99. The second-order valence-electron chi connectivity index (χ2n) is 6.99. The standard InChI is InChI=1S/C22H27N3O/c1-4-5-8-14-23-17(3)21-24-20-13-7-6-12-19(20)22(26)25(21)18-11-9-10-16(2)15-18/h6-7,9-13,15,17,23H,4-5,8,14H2,1-3H3/p+1/t17-/m1/s1. The SMILES string of the molecule is CCCCC[NH2+][C@H](C)c1nc2ccccc2c(=O)n1-c1cccc(C)c1. The first-order valence-electron chi connectivity index (χ1n) is 9.54. The van der Waals surface area contributed by atoms with Gasteiger partial charge in [-0.2, -0.15) is 0 Å². The van der Waals surface area contributed by atoms with Crippen LogP contribution in [0.25, 0.3) is 16.6 Å². The molecule has 4 heteroatoms. The molecule has 3 rings (SSSR count). The lowest BCUT2D eigenvalue weighted by atomic mass is 10.1. The van der Waals surface area contributed by atoms with E-state index in [1.807, 2.05) is 55.5 Å². The molecule has 0 aliphatic rings. The number of nitrogens with zero attached hydrogens (tertiary/aromatic N) is 2. The fourth-order valence-corrected chi connectivity index (χ4v) is 3.34. The molecule has 3 aromatic rings. The van der Waals surface area contributed by atoms with Gasteiger partial charge in [0.05, 0.1) is 23.1 Å². The van der Waals surface area contributed by atoms with Gasteiger partial charge >= 0.3 is 0 Å². The summed E-state index contributed by atoms with van der Waals surface area (Å²) < 4.78 is 1.79. The minimum absolute atomic E-state index is 0.00464. The van der Waals surface area contributed by atoms with Crippen LogP contribution in [-0.4, -0.2) is 16.1 Å². The van der Waals surface area contributed by atoms with Gasteiger partial charge in [0.25, 0.3) is 5.56 Å². The lowest BCUT2D eigenvalue weighted by Gasteiger charge is -2.18. The number of quaternary nitrogens is 1. The monoisotopic (exact) mass is 350 g/mol. The van der Waals surface area contributed by atoms with E-state index >= 15 is 0 Å². The molecule has 0 unspecified atom stereocenters. The van der Waals surface area contributed by atoms with Crippen molar-refractivity contribution in [1.29, 1.82) is 0 Å². The summed E-state index contributed by atoms with van der Waals surface area (Å²) in [6, 6.07) is 15.8. The first kappa shape index (κ1) is 18.3. The predicted molar refractivity (Wildman–Crippen MR) is 107 cm³/mol. The van der Waals surface area contributed by atoms with E-state index in [0.717, 1.165) is 29.1 Å². The highest BCUT2D eigenvalue weighted by atomic mass is 16.1. The molecule has 136 valence electrons. The Morgan fingerprint density at radius 2 is 1.92 bits per heavy atom. The molecule has 0 bridgehead atoms. The van der Waals surface area contributed by atoms with E-state index in [1.165, 1.54) is 19.3 Å². The maximum absolute atomic E-state index is 13.3. The number of hydrogen-bond donors (Lipinski definition) is 1. The fourth-order valence-electron chi connectivity index (χ4n) is 3.34. The predicted octanol–water partition coefficient (Wildman–Crippen LogP) is 3.51. The number of unbranched alkanes of at least 4 members (excludes halogenated alkanes) is 2. The molecule has 0 aliphatic heterocycles. The number of hydrogen-bond acceptors (Lipinski definition) is 2. The number of nitrogens with two attached hydrogens (primary N) is 1. The quantitative estimate of drug-likeness (QED) is 0.663. The molecule has 2 N–H and O–H groups in total. The molecule has 1 heterocycles. The lowest BCUT2D eigenvalue weighted by molar-refractivity contribution is -0.694. The zero-order valence-corrected chi connectivity index (χ0v) is 15.9. The van der Waals surface area contributed by atoms with Crippen molar-refractivity contribution >= 4 is 10.9 Å². The number of aryl methyl sites for hydroxylation is 1. The minimum atomic E-state index is 0.00464. The Bertz CT molecular complexity index is 946. The van der Waals surface area contributed by atoms with Crippen LogP contribution in [0.3, 0.4) is 0 Å². The van der Waals surface area contributed by atoms with Gasteiger partial charge in [0, 0.05) is 0 Å². The van der Waals surface area contributed by atoms with E-state index in [0.29, 0.717) is 5.39 Å². The zero-order valence-electron chi connectivity index (χ0n) is 15.9. The van der Waals surface area contributed by atoms with Crippen LogP contribution in [0.5, 0.6) is 0 Å². The molecule has 0 fully saturated rings. The minimum Gasteiger partial charge on any atom is -0.338 e. The van der Waals surface area contributed by atoms with E-state index in [2.05, 4.69) is 19.2 Å². The summed E-state index contributed by atoms with van der Waals surface area (Å²) in [4.78, 5) is 18.1. The molecule has 2 aromatic carbocycles. The number of para-hydroxylation sites is 1. The smallest absolute Gasteiger partial charge is 0.266 e. The number of fused-ring (bicyclic) bond motifs is 1. The first-order valence-corrected chi connectivity index (χ1v) is 9.54. The Kier molecular flexibility index (Phi) is 5.84.